The fourth-order valence-electron chi connectivity index (χ4n) is 1.46. The number of rotatable bonds is 4. The van der Waals surface area contributed by atoms with Gasteiger partial charge in [-0.2, -0.15) is 0 Å². The summed E-state index contributed by atoms with van der Waals surface area (Å²) in [7, 11) is 0. The molecule has 0 saturated carbocycles. The van der Waals surface area contributed by atoms with E-state index in [2.05, 4.69) is 30.3 Å². The van der Waals surface area contributed by atoms with E-state index in [1.54, 1.807) is 13.1 Å². The van der Waals surface area contributed by atoms with Crippen LogP contribution in [-0.2, 0) is 19.4 Å². The maximum absolute atomic E-state index is 11.4. The molecule has 2 aromatic heterocycles. The van der Waals surface area contributed by atoms with E-state index in [1.807, 2.05) is 19.1 Å². The van der Waals surface area contributed by atoms with Crippen molar-refractivity contribution in [3.63, 3.8) is 0 Å². The van der Waals surface area contributed by atoms with E-state index < -0.39 is 0 Å². The summed E-state index contributed by atoms with van der Waals surface area (Å²) in [4.78, 5) is 20.8. The Hall–Kier alpha value is -0.642. The quantitative estimate of drug-likeness (QED) is 0.598. The number of carbonyl (C=O) groups excluding carboxylic acids is 1. The van der Waals surface area contributed by atoms with Gasteiger partial charge in [-0.1, -0.05) is 0 Å². The van der Waals surface area contributed by atoms with E-state index in [1.165, 1.54) is 30.7 Å². The van der Waals surface area contributed by atoms with E-state index in [0.717, 1.165) is 25.5 Å². The average Bonchev–Trinajstić information content (AvgIpc) is 2.95. The molecule has 0 atom stereocenters. The van der Waals surface area contributed by atoms with Gasteiger partial charge in [0.05, 0.1) is 0 Å². The number of ketones is 1. The van der Waals surface area contributed by atoms with Gasteiger partial charge in [0.2, 0.25) is 0 Å². The SMILES string of the molecule is CC(=O)c1cc(-c2cnc(/C=C(/C)[CH]=[W])[n-]2)c(Br)s1. The van der Waals surface area contributed by atoms with Gasteiger partial charge in [0, 0.05) is 0 Å². The van der Waals surface area contributed by atoms with Crippen LogP contribution in [0.2, 0.25) is 0 Å². The third-order valence-electron chi connectivity index (χ3n) is 2.41. The molecule has 0 saturated heterocycles. The van der Waals surface area contributed by atoms with E-state index >= 15 is 0 Å². The predicted octanol–water partition coefficient (Wildman–Crippen LogP) is 3.48. The molecule has 2 heterocycles. The molecule has 0 aliphatic rings. The Morgan fingerprint density at radius 3 is 2.84 bits per heavy atom. The standard InChI is InChI=1S/C13H10BrN2OS.W/c1-7(2)4-12-15-6-10(16-12)9-5-11(8(3)17)18-13(9)14;/h1,4-6H,2-3H3;/q-1;/b7-4+;. The van der Waals surface area contributed by atoms with Crippen LogP contribution in [0.1, 0.15) is 29.3 Å². The van der Waals surface area contributed by atoms with Crippen molar-refractivity contribution in [1.29, 1.82) is 0 Å². The van der Waals surface area contributed by atoms with Crippen LogP contribution < -0.4 is 4.98 Å². The molecule has 0 aromatic carbocycles. The second kappa shape index (κ2) is 6.21. The van der Waals surface area contributed by atoms with Crippen molar-refractivity contribution in [2.75, 3.05) is 0 Å². The number of allylic oxidation sites excluding steroid dienone is 1. The summed E-state index contributed by atoms with van der Waals surface area (Å²) in [6, 6.07) is 1.86. The van der Waals surface area contributed by atoms with Crippen LogP contribution in [0.3, 0.4) is 0 Å². The molecule has 0 aliphatic heterocycles. The molecule has 6 heteroatoms. The number of hydrogen-bond acceptors (Lipinski definition) is 3. The van der Waals surface area contributed by atoms with Gasteiger partial charge in [0.25, 0.3) is 0 Å². The zero-order chi connectivity index (χ0) is 14.0. The van der Waals surface area contributed by atoms with Gasteiger partial charge in [-0.3, -0.25) is 0 Å². The zero-order valence-corrected chi connectivity index (χ0v) is 15.6. The van der Waals surface area contributed by atoms with Gasteiger partial charge in [-0.15, -0.1) is 0 Å². The van der Waals surface area contributed by atoms with Crippen LogP contribution in [0.15, 0.2) is 21.6 Å². The summed E-state index contributed by atoms with van der Waals surface area (Å²) in [6.07, 6.45) is 3.68. The van der Waals surface area contributed by atoms with Gasteiger partial charge in [-0.25, -0.2) is 0 Å². The van der Waals surface area contributed by atoms with Gasteiger partial charge >= 0.3 is 135 Å². The molecular formula is C13H10BrN2OSW-. The first-order valence-corrected chi connectivity index (χ1v) is 8.75. The molecule has 2 rings (SSSR count). The first-order chi connectivity index (χ1) is 9.01. The van der Waals surface area contributed by atoms with Crippen molar-refractivity contribution < 1.29 is 24.1 Å². The number of thiophene rings is 1. The van der Waals surface area contributed by atoms with Crippen LogP contribution in [0.4, 0.5) is 0 Å². The molecule has 0 unspecified atom stereocenters. The van der Waals surface area contributed by atoms with Crippen molar-refractivity contribution in [3.8, 4) is 11.3 Å². The summed E-state index contributed by atoms with van der Waals surface area (Å²) in [6.45, 7) is 3.59. The number of halogens is 1. The molecule has 0 spiro atoms. The molecule has 0 aliphatic carbocycles. The third-order valence-corrected chi connectivity index (χ3v) is 5.68. The zero-order valence-electron chi connectivity index (χ0n) is 10.3. The molecule has 0 fully saturated rings. The monoisotopic (exact) mass is 505 g/mol. The molecule has 19 heavy (non-hydrogen) atoms. The number of carbonyl (C=O) groups is 1. The Labute approximate surface area is 134 Å². The van der Waals surface area contributed by atoms with Gasteiger partial charge < -0.3 is 0 Å². The minimum atomic E-state index is 0.0657. The Morgan fingerprint density at radius 2 is 2.26 bits per heavy atom. The van der Waals surface area contributed by atoms with Crippen molar-refractivity contribution in [1.82, 2.24) is 9.97 Å². The molecule has 98 valence electrons. The predicted molar refractivity (Wildman–Crippen MR) is 78.3 cm³/mol. The molecule has 0 bridgehead atoms. The van der Waals surface area contributed by atoms with E-state index in [4.69, 9.17) is 0 Å². The topological polar surface area (TPSA) is 44.1 Å². The molecule has 3 nitrogen and oxygen atoms in total. The molecular weight excluding hydrogens is 496 g/mol. The fourth-order valence-corrected chi connectivity index (χ4v) is 3.33. The summed E-state index contributed by atoms with van der Waals surface area (Å²) >= 11 is 6.31. The van der Waals surface area contributed by atoms with Crippen molar-refractivity contribution >= 4 is 43.5 Å². The fraction of sp³-hybridized carbons (Fsp3) is 0.154. The van der Waals surface area contributed by atoms with Gasteiger partial charge in [0.1, 0.15) is 0 Å². The van der Waals surface area contributed by atoms with Crippen molar-refractivity contribution in [3.05, 3.63) is 32.3 Å². The second-order valence-electron chi connectivity index (χ2n) is 3.97. The van der Waals surface area contributed by atoms with Gasteiger partial charge in [-0.05, 0) is 0 Å². The van der Waals surface area contributed by atoms with Crippen LogP contribution >= 0.6 is 27.3 Å². The van der Waals surface area contributed by atoms with Crippen LogP contribution in [0.25, 0.3) is 17.3 Å². The molecule has 2 aromatic rings. The van der Waals surface area contributed by atoms with E-state index in [0.29, 0.717) is 5.82 Å². The molecule has 0 amide bonds. The number of hydrogen-bond donors (Lipinski definition) is 0. The Kier molecular flexibility index (Phi) is 4.82. The van der Waals surface area contributed by atoms with E-state index in [-0.39, 0.29) is 5.78 Å². The van der Waals surface area contributed by atoms with Crippen molar-refractivity contribution in [2.45, 2.75) is 13.8 Å². The van der Waals surface area contributed by atoms with Crippen molar-refractivity contribution in [2.24, 2.45) is 0 Å². The molecule has 0 radical (unpaired) electrons. The van der Waals surface area contributed by atoms with Crippen LogP contribution in [-0.4, -0.2) is 15.2 Å². The first-order valence-electron chi connectivity index (χ1n) is 5.45. The summed E-state index contributed by atoms with van der Waals surface area (Å²) in [5.74, 6) is 0.767. The Balaban J connectivity index is 2.38. The first kappa shape index (κ1) is 14.8. The Bertz CT molecular complexity index is 672. The van der Waals surface area contributed by atoms with E-state index in [9.17, 15) is 4.79 Å². The average molecular weight is 506 g/mol. The van der Waals surface area contributed by atoms with Gasteiger partial charge in [0.15, 0.2) is 0 Å². The van der Waals surface area contributed by atoms with Crippen LogP contribution in [0.5, 0.6) is 0 Å². The normalized spacial score (nSPS) is 11.6. The molecule has 0 N–H and O–H groups in total. The summed E-state index contributed by atoms with van der Waals surface area (Å²) in [5.41, 5.74) is 2.87. The maximum atomic E-state index is 11.4. The Morgan fingerprint density at radius 1 is 1.53 bits per heavy atom. The number of imidazole rings is 1. The summed E-state index contributed by atoms with van der Waals surface area (Å²) in [5, 5.41) is 0. The summed E-state index contributed by atoms with van der Waals surface area (Å²) < 4.78 is 3.00. The minimum absolute atomic E-state index is 0.0657. The number of Topliss-reactive ketones (excluding diaryl/α,β-unsaturated/α-hetero) is 1. The number of aromatic nitrogens is 2. The van der Waals surface area contributed by atoms with Crippen LogP contribution in [0, 0.1) is 0 Å². The number of nitrogens with zero attached hydrogens (tertiary/aromatic N) is 2. The second-order valence-corrected chi connectivity index (χ2v) is 7.19. The third kappa shape index (κ3) is 3.47.